The number of aromatic hydroxyl groups is 11. The van der Waals surface area contributed by atoms with Crippen molar-refractivity contribution < 1.29 is 153 Å². The van der Waals surface area contributed by atoms with Crippen molar-refractivity contribution in [3.8, 4) is 80.1 Å². The Morgan fingerprint density at radius 2 is 1.18 bits per heavy atom. The highest BCUT2D eigenvalue weighted by atomic mass is 16.9. The number of carbonyl (C=O) groups excluding carboxylic acids is 5. The number of carbonyl (C=O) groups is 5. The average molecular weight is 1080 g/mol. The van der Waals surface area contributed by atoms with Crippen molar-refractivity contribution in [3.63, 3.8) is 0 Å². The topological polar surface area (TPSA) is 501 Å². The van der Waals surface area contributed by atoms with Crippen LogP contribution in [0.25, 0.3) is 11.1 Å². The molecule has 31 nitrogen and oxygen atoms in total. The molecule has 16 N–H and O–H groups in total. The predicted molar refractivity (Wildman–Crippen MR) is 228 cm³/mol. The lowest BCUT2D eigenvalue weighted by atomic mass is 9.49. The van der Waals surface area contributed by atoms with E-state index in [0.29, 0.717) is 30.3 Å². The van der Waals surface area contributed by atoms with E-state index in [9.17, 15) is 96.1 Å². The van der Waals surface area contributed by atoms with Gasteiger partial charge in [0.2, 0.25) is 41.2 Å². The SMILES string of the molecule is O=C(O[C@@H]1O[C@@H]2COC(=O)c3cc(O)c(O)c(O)c3-c3c(cc(O)c(O)c3O)C(=O)O[C@@H]3[C@H]1OC(=O)c1cc(O)c(O)c4c1[C@@H]1[C@@]5(C[C@@]6(O)O[C@@]7(OC[C@H](O)[C@H]7O)[C@@H]5O[C@@]6(O)[C@]1(O)O4)C(=O)O[C@@H]32)c1cc(O)c(O)c(O)c1. The van der Waals surface area contributed by atoms with E-state index in [1.165, 1.54) is 0 Å². The molecule has 77 heavy (non-hydrogen) atoms. The standard InChI is InChI=1S/C46H36O31/c47-13-1-9(2-14(48)23(13)53)35(60)74-39-32-31-29(19(70-39)7-68-36(61)10-3-15(49)24(54)27(57)20(10)21-11(37(62)71-31)4-16(50)25(55)28(21)58)73-41(64)42-8-43(65)46(67,76-40(42)44(77-43)34(59)18(52)6-69-44)45(66)33(42)22-12(38(63)72-32)5-17(51)26(56)30(22)75-45/h1-5,18-19,29,31-34,39-40,47-59,65-67H,6-8H2/t18-,19+,29+,31-,32+,33+,34+,39-,40+,42+,43+,44+,45+,46+/m0/s1. The van der Waals surface area contributed by atoms with Crippen LogP contribution in [0.5, 0.6) is 69.0 Å². The van der Waals surface area contributed by atoms with E-state index < -0.39 is 241 Å². The third kappa shape index (κ3) is 6.06. The summed E-state index contributed by atoms with van der Waals surface area (Å²) in [6, 6.07) is 2.37. The summed E-state index contributed by atoms with van der Waals surface area (Å²) < 4.78 is 58.1. The van der Waals surface area contributed by atoms with Gasteiger partial charge in [-0.3, -0.25) is 4.79 Å². The summed E-state index contributed by atoms with van der Waals surface area (Å²) in [5, 5.41) is 178. The highest BCUT2D eigenvalue weighted by Gasteiger charge is 2.95. The quantitative estimate of drug-likeness (QED) is 0.0554. The molecule has 1 saturated carbocycles. The highest BCUT2D eigenvalue weighted by Crippen LogP contribution is 2.77. The largest absolute Gasteiger partial charge is 0.504 e. The molecule has 0 unspecified atom stereocenters. The third-order valence-corrected chi connectivity index (χ3v) is 15.0. The first-order valence-electron chi connectivity index (χ1n) is 22.4. The van der Waals surface area contributed by atoms with Gasteiger partial charge >= 0.3 is 29.8 Å². The highest BCUT2D eigenvalue weighted by molar-refractivity contribution is 6.08. The van der Waals surface area contributed by atoms with Crippen molar-refractivity contribution in [2.75, 3.05) is 13.2 Å². The summed E-state index contributed by atoms with van der Waals surface area (Å²) in [5.74, 6) is -40.8. The molecule has 4 aromatic carbocycles. The number of hydrogen-bond acceptors (Lipinski definition) is 31. The van der Waals surface area contributed by atoms with E-state index in [1.54, 1.807) is 0 Å². The van der Waals surface area contributed by atoms with Gasteiger partial charge in [0.25, 0.3) is 11.6 Å². The van der Waals surface area contributed by atoms with Crippen LogP contribution in [0.15, 0.2) is 30.3 Å². The van der Waals surface area contributed by atoms with Gasteiger partial charge in [0.05, 0.1) is 34.8 Å². The molecule has 8 bridgehead atoms. The van der Waals surface area contributed by atoms with Crippen LogP contribution in [0.3, 0.4) is 0 Å². The lowest BCUT2D eigenvalue weighted by Crippen LogP contribution is -2.93. The number of aliphatic hydroxyl groups excluding tert-OH is 2. The van der Waals surface area contributed by atoms with Gasteiger partial charge in [0.15, 0.2) is 64.0 Å². The van der Waals surface area contributed by atoms with Gasteiger partial charge in [-0.05, 0) is 30.3 Å². The number of phenols is 11. The summed E-state index contributed by atoms with van der Waals surface area (Å²) in [6.07, 6.45) is -20.9. The number of phenolic OH excluding ortho intramolecular Hbond substituents is 11. The maximum absolute atomic E-state index is 16.0. The van der Waals surface area contributed by atoms with Crippen LogP contribution in [-0.2, 0) is 47.4 Å². The molecule has 0 amide bonds. The molecule has 14 atom stereocenters. The van der Waals surface area contributed by atoms with Crippen LogP contribution >= 0.6 is 0 Å². The molecule has 14 rings (SSSR count). The minimum Gasteiger partial charge on any atom is -0.504 e. The second kappa shape index (κ2) is 15.5. The van der Waals surface area contributed by atoms with Gasteiger partial charge in [-0.2, -0.15) is 0 Å². The number of cyclic esters (lactones) is 1. The molecule has 10 aliphatic rings. The normalized spacial score (nSPS) is 36.1. The molecule has 9 aliphatic heterocycles. The first kappa shape index (κ1) is 49.4. The Labute approximate surface area is 423 Å². The molecule has 0 aromatic heterocycles. The Balaban J connectivity index is 1.11. The van der Waals surface area contributed by atoms with Crippen molar-refractivity contribution >= 4 is 29.8 Å². The monoisotopic (exact) mass is 1080 g/mol. The van der Waals surface area contributed by atoms with Gasteiger partial charge in [0.1, 0.15) is 36.4 Å². The minimum atomic E-state index is -3.69. The Kier molecular flexibility index (Phi) is 9.96. The Hall–Kier alpha value is -8.53. The maximum atomic E-state index is 16.0. The van der Waals surface area contributed by atoms with Crippen LogP contribution in [0, 0.1) is 5.41 Å². The van der Waals surface area contributed by atoms with E-state index >= 15 is 9.59 Å². The summed E-state index contributed by atoms with van der Waals surface area (Å²) in [5.41, 5.74) is -10.4. The number of esters is 5. The number of aliphatic hydroxyl groups is 5. The number of fused-ring (bicyclic) bond motifs is 3. The van der Waals surface area contributed by atoms with Crippen molar-refractivity contribution in [3.05, 3.63) is 58.1 Å². The molecular formula is C46H36O31. The molecule has 406 valence electrons. The zero-order chi connectivity index (χ0) is 55.3. The van der Waals surface area contributed by atoms with Crippen LogP contribution in [0.1, 0.15) is 59.3 Å². The zero-order valence-electron chi connectivity index (χ0n) is 38.0. The van der Waals surface area contributed by atoms with Crippen molar-refractivity contribution in [1.29, 1.82) is 0 Å². The third-order valence-electron chi connectivity index (χ3n) is 15.0. The first-order chi connectivity index (χ1) is 36.1. The second-order valence-electron chi connectivity index (χ2n) is 19.1. The van der Waals surface area contributed by atoms with Gasteiger partial charge in [-0.1, -0.05) is 0 Å². The van der Waals surface area contributed by atoms with Gasteiger partial charge in [-0.25, -0.2) is 19.2 Å². The predicted octanol–water partition coefficient (Wildman–Crippen LogP) is -2.65. The Morgan fingerprint density at radius 3 is 1.78 bits per heavy atom. The molecule has 6 saturated heterocycles. The molecule has 4 aromatic rings. The fourth-order valence-corrected chi connectivity index (χ4v) is 11.6. The van der Waals surface area contributed by atoms with Gasteiger partial charge in [0, 0.05) is 23.1 Å². The van der Waals surface area contributed by atoms with E-state index in [1.807, 2.05) is 0 Å². The average Bonchev–Trinajstić information content (AvgIpc) is 2.72. The van der Waals surface area contributed by atoms with Crippen LogP contribution in [-0.4, -0.2) is 197 Å². The van der Waals surface area contributed by atoms with E-state index in [0.717, 1.165) is 0 Å². The lowest BCUT2D eigenvalue weighted by Gasteiger charge is -2.72. The maximum Gasteiger partial charge on any atom is 0.340 e. The fourth-order valence-electron chi connectivity index (χ4n) is 11.6. The molecular weight excluding hydrogens is 1050 g/mol. The van der Waals surface area contributed by atoms with Gasteiger partial charge in [-0.15, -0.1) is 0 Å². The van der Waals surface area contributed by atoms with Crippen molar-refractivity contribution in [2.45, 2.75) is 84.5 Å². The second-order valence-corrected chi connectivity index (χ2v) is 19.1. The number of ether oxygens (including phenoxy) is 10. The summed E-state index contributed by atoms with van der Waals surface area (Å²) in [6.45, 7) is -2.22. The van der Waals surface area contributed by atoms with E-state index in [-0.39, 0.29) is 0 Å². The van der Waals surface area contributed by atoms with Crippen molar-refractivity contribution in [1.82, 2.24) is 0 Å². The van der Waals surface area contributed by atoms with Crippen molar-refractivity contribution in [2.24, 2.45) is 5.41 Å². The summed E-state index contributed by atoms with van der Waals surface area (Å²) in [4.78, 5) is 74.4. The van der Waals surface area contributed by atoms with Gasteiger partial charge < -0.3 is 129 Å². The molecule has 1 aliphatic carbocycles. The number of rotatable bonds is 2. The first-order valence-corrected chi connectivity index (χ1v) is 22.4. The smallest absolute Gasteiger partial charge is 0.340 e. The van der Waals surface area contributed by atoms with Crippen LogP contribution in [0.2, 0.25) is 0 Å². The van der Waals surface area contributed by atoms with Crippen LogP contribution in [0.4, 0.5) is 0 Å². The molecule has 0 radical (unpaired) electrons. The number of hydrogen-bond donors (Lipinski definition) is 16. The molecule has 9 heterocycles. The van der Waals surface area contributed by atoms with Crippen LogP contribution < -0.4 is 4.74 Å². The Bertz CT molecular complexity index is 3370. The van der Waals surface area contributed by atoms with E-state index in [4.69, 9.17) is 47.4 Å². The molecule has 31 heteroatoms. The van der Waals surface area contributed by atoms with E-state index in [2.05, 4.69) is 0 Å². The molecule has 7 fully saturated rings. The summed E-state index contributed by atoms with van der Waals surface area (Å²) in [7, 11) is 0. The Morgan fingerprint density at radius 1 is 0.623 bits per heavy atom. The minimum absolute atomic E-state index is 0.357. The summed E-state index contributed by atoms with van der Waals surface area (Å²) >= 11 is 0. The fraction of sp³-hybridized carbons (Fsp3) is 0.370. The number of benzene rings is 4. The molecule has 2 spiro atoms. The lowest BCUT2D eigenvalue weighted by molar-refractivity contribution is -0.611. The zero-order valence-corrected chi connectivity index (χ0v) is 38.0.